The van der Waals surface area contributed by atoms with Gasteiger partial charge in [-0.1, -0.05) is 24.3 Å². The molecule has 148 valence electrons. The van der Waals surface area contributed by atoms with Crippen molar-refractivity contribution < 1.29 is 22.7 Å². The van der Waals surface area contributed by atoms with Gasteiger partial charge in [-0.3, -0.25) is 9.59 Å². The first-order chi connectivity index (χ1) is 13.4. The number of hydrogen-bond donors (Lipinski definition) is 1. The van der Waals surface area contributed by atoms with Crippen LogP contribution in [0, 0.1) is 0 Å². The summed E-state index contributed by atoms with van der Waals surface area (Å²) >= 11 is 0. The van der Waals surface area contributed by atoms with Crippen LogP contribution < -0.4 is 10.1 Å². The van der Waals surface area contributed by atoms with E-state index in [2.05, 4.69) is 5.32 Å². The summed E-state index contributed by atoms with van der Waals surface area (Å²) in [5.41, 5.74) is 1.30. The van der Waals surface area contributed by atoms with Crippen molar-refractivity contribution >= 4 is 21.8 Å². The lowest BCUT2D eigenvalue weighted by atomic mass is 10.1. The van der Waals surface area contributed by atoms with E-state index < -0.39 is 15.9 Å². The lowest BCUT2D eigenvalue weighted by Crippen LogP contribution is -2.35. The van der Waals surface area contributed by atoms with Gasteiger partial charge < -0.3 is 10.1 Å². The summed E-state index contributed by atoms with van der Waals surface area (Å²) in [6.07, 6.45) is 1.49. The number of rotatable bonds is 8. The molecule has 0 radical (unpaired) electrons. The molecule has 8 heteroatoms. The Morgan fingerprint density at radius 1 is 1.11 bits per heavy atom. The molecule has 2 aromatic carbocycles. The maximum absolute atomic E-state index is 12.4. The summed E-state index contributed by atoms with van der Waals surface area (Å²) in [5.74, 6) is -0.0674. The lowest BCUT2D eigenvalue weighted by molar-refractivity contribution is -0.121. The second-order valence-corrected chi connectivity index (χ2v) is 8.26. The highest BCUT2D eigenvalue weighted by Gasteiger charge is 2.40. The molecule has 1 N–H and O–H groups in total. The molecule has 28 heavy (non-hydrogen) atoms. The van der Waals surface area contributed by atoms with E-state index in [4.69, 9.17) is 4.74 Å². The molecule has 1 aliphatic heterocycles. The molecule has 7 nitrogen and oxygen atoms in total. The second-order valence-electron chi connectivity index (χ2n) is 6.43. The Labute approximate surface area is 164 Å². The Morgan fingerprint density at radius 2 is 1.82 bits per heavy atom. The predicted octanol–water partition coefficient (Wildman–Crippen LogP) is 1.98. The van der Waals surface area contributed by atoms with E-state index in [9.17, 15) is 18.0 Å². The number of methoxy groups -OCH3 is 1. The summed E-state index contributed by atoms with van der Waals surface area (Å²) in [6.45, 7) is 0.311. The highest BCUT2D eigenvalue weighted by atomic mass is 32.2. The highest BCUT2D eigenvalue weighted by molar-refractivity contribution is 7.90. The van der Waals surface area contributed by atoms with Crippen molar-refractivity contribution in [1.82, 2.24) is 9.62 Å². The Hall–Kier alpha value is -2.87. The zero-order valence-electron chi connectivity index (χ0n) is 15.6. The van der Waals surface area contributed by atoms with Gasteiger partial charge in [0.05, 0.1) is 12.7 Å². The number of aryl methyl sites for hydroxylation is 1. The summed E-state index contributed by atoms with van der Waals surface area (Å²) < 4.78 is 30.8. The minimum Gasteiger partial charge on any atom is -0.497 e. The number of carbonyl (C=O) groups is 2. The molecular formula is C20H22N2O5S. The Balaban J connectivity index is 1.44. The van der Waals surface area contributed by atoms with Crippen molar-refractivity contribution in [3.05, 3.63) is 59.7 Å². The fourth-order valence-electron chi connectivity index (χ4n) is 3.06. The zero-order valence-corrected chi connectivity index (χ0v) is 16.4. The number of nitrogens with zero attached hydrogens (tertiary/aromatic N) is 1. The minimum atomic E-state index is -3.86. The maximum Gasteiger partial charge on any atom is 0.269 e. The van der Waals surface area contributed by atoms with Crippen LogP contribution in [-0.4, -0.2) is 44.7 Å². The fourth-order valence-corrected chi connectivity index (χ4v) is 4.63. The molecule has 0 aliphatic carbocycles. The molecule has 1 heterocycles. The molecule has 0 unspecified atom stereocenters. The van der Waals surface area contributed by atoms with Crippen LogP contribution in [0.25, 0.3) is 0 Å². The third-order valence-electron chi connectivity index (χ3n) is 4.58. The van der Waals surface area contributed by atoms with Gasteiger partial charge in [-0.25, -0.2) is 12.7 Å². The fraction of sp³-hybridized carbons (Fsp3) is 0.300. The molecule has 3 rings (SSSR count). The number of fused-ring (bicyclic) bond motifs is 1. The molecule has 0 saturated carbocycles. The molecule has 1 aliphatic rings. The van der Waals surface area contributed by atoms with E-state index in [1.807, 2.05) is 24.3 Å². The van der Waals surface area contributed by atoms with E-state index in [1.54, 1.807) is 19.2 Å². The van der Waals surface area contributed by atoms with Crippen molar-refractivity contribution in [3.63, 3.8) is 0 Å². The van der Waals surface area contributed by atoms with E-state index >= 15 is 0 Å². The standard InChI is InChI=1S/C20H22N2O5S/c1-27-16-10-8-15(9-11-16)5-4-13-21-19(23)12-14-22-20(24)17-6-2-3-7-18(17)28(22,25)26/h2-3,6-11H,4-5,12-14H2,1H3,(H,21,23). The summed E-state index contributed by atoms with van der Waals surface area (Å²) in [6, 6.07) is 13.8. The predicted molar refractivity (Wildman–Crippen MR) is 104 cm³/mol. The van der Waals surface area contributed by atoms with Crippen molar-refractivity contribution in [3.8, 4) is 5.75 Å². The van der Waals surface area contributed by atoms with E-state index in [-0.39, 0.29) is 29.3 Å². The average Bonchev–Trinajstić information content (AvgIpc) is 2.90. The molecule has 0 atom stereocenters. The van der Waals surface area contributed by atoms with Crippen LogP contribution in [0.2, 0.25) is 0 Å². The van der Waals surface area contributed by atoms with Gasteiger partial charge in [0.2, 0.25) is 5.91 Å². The first-order valence-electron chi connectivity index (χ1n) is 8.99. The smallest absolute Gasteiger partial charge is 0.269 e. The molecule has 0 bridgehead atoms. The first-order valence-corrected chi connectivity index (χ1v) is 10.4. The topological polar surface area (TPSA) is 92.8 Å². The largest absolute Gasteiger partial charge is 0.497 e. The molecule has 2 amide bonds. The number of ether oxygens (including phenoxy) is 1. The van der Waals surface area contributed by atoms with Crippen LogP contribution in [-0.2, 0) is 21.2 Å². The van der Waals surface area contributed by atoms with Gasteiger partial charge in [-0.2, -0.15) is 0 Å². The number of amides is 2. The monoisotopic (exact) mass is 402 g/mol. The maximum atomic E-state index is 12.4. The van der Waals surface area contributed by atoms with Crippen molar-refractivity contribution in [2.45, 2.75) is 24.2 Å². The summed E-state index contributed by atoms with van der Waals surface area (Å²) in [7, 11) is -2.25. The van der Waals surface area contributed by atoms with Crippen LogP contribution in [0.5, 0.6) is 5.75 Å². The zero-order chi connectivity index (χ0) is 20.1. The minimum absolute atomic E-state index is 0.0000928. The molecule has 0 saturated heterocycles. The first kappa shape index (κ1) is 19.9. The quantitative estimate of drug-likeness (QED) is 0.682. The highest BCUT2D eigenvalue weighted by Crippen LogP contribution is 2.29. The third-order valence-corrected chi connectivity index (χ3v) is 6.42. The van der Waals surface area contributed by atoms with Crippen LogP contribution in [0.1, 0.15) is 28.8 Å². The summed E-state index contributed by atoms with van der Waals surface area (Å²) in [4.78, 5) is 24.3. The summed E-state index contributed by atoms with van der Waals surface area (Å²) in [5, 5.41) is 2.77. The van der Waals surface area contributed by atoms with Gasteiger partial charge in [0.25, 0.3) is 15.9 Å². The Kier molecular flexibility index (Phi) is 5.99. The normalized spacial score (nSPS) is 14.6. The van der Waals surface area contributed by atoms with Crippen LogP contribution >= 0.6 is 0 Å². The average molecular weight is 402 g/mol. The van der Waals surface area contributed by atoms with E-state index in [0.717, 1.165) is 28.5 Å². The van der Waals surface area contributed by atoms with Crippen LogP contribution in [0.4, 0.5) is 0 Å². The number of benzene rings is 2. The second kappa shape index (κ2) is 8.43. The van der Waals surface area contributed by atoms with Crippen molar-refractivity contribution in [1.29, 1.82) is 0 Å². The molecular weight excluding hydrogens is 380 g/mol. The number of sulfonamides is 1. The van der Waals surface area contributed by atoms with Gasteiger partial charge in [-0.15, -0.1) is 0 Å². The van der Waals surface area contributed by atoms with Gasteiger partial charge in [0.15, 0.2) is 0 Å². The third kappa shape index (κ3) is 4.17. The molecule has 0 spiro atoms. The number of hydrogen-bond acceptors (Lipinski definition) is 5. The van der Waals surface area contributed by atoms with Crippen LogP contribution in [0.15, 0.2) is 53.4 Å². The number of carbonyl (C=O) groups excluding carboxylic acids is 2. The van der Waals surface area contributed by atoms with E-state index in [0.29, 0.717) is 6.54 Å². The lowest BCUT2D eigenvalue weighted by Gasteiger charge is -2.14. The van der Waals surface area contributed by atoms with Crippen molar-refractivity contribution in [2.24, 2.45) is 0 Å². The molecule has 0 aromatic heterocycles. The number of nitrogens with one attached hydrogen (secondary N) is 1. The SMILES string of the molecule is COc1ccc(CCCNC(=O)CCN2C(=O)c3ccccc3S2(=O)=O)cc1. The molecule has 0 fully saturated rings. The van der Waals surface area contributed by atoms with Crippen LogP contribution in [0.3, 0.4) is 0 Å². The Bertz CT molecular complexity index is 970. The van der Waals surface area contributed by atoms with E-state index in [1.165, 1.54) is 12.1 Å². The Morgan fingerprint density at radius 3 is 2.50 bits per heavy atom. The molecule has 2 aromatic rings. The van der Waals surface area contributed by atoms with Crippen molar-refractivity contribution in [2.75, 3.05) is 20.2 Å². The van der Waals surface area contributed by atoms with Gasteiger partial charge in [-0.05, 0) is 42.7 Å². The van der Waals surface area contributed by atoms with Gasteiger partial charge in [0.1, 0.15) is 10.6 Å². The van der Waals surface area contributed by atoms with Gasteiger partial charge >= 0.3 is 0 Å². The van der Waals surface area contributed by atoms with Gasteiger partial charge in [0, 0.05) is 19.5 Å².